The normalized spacial score (nSPS) is 14.2. The summed E-state index contributed by atoms with van der Waals surface area (Å²) in [7, 11) is 0. The zero-order valence-electron chi connectivity index (χ0n) is 6.29. The average Bonchev–Trinajstić information content (AvgIpc) is 2.58. The summed E-state index contributed by atoms with van der Waals surface area (Å²) in [6, 6.07) is 7.63. The van der Waals surface area contributed by atoms with Crippen molar-refractivity contribution in [3.05, 3.63) is 40.9 Å². The Morgan fingerprint density at radius 3 is 2.50 bits per heavy atom. The van der Waals surface area contributed by atoms with Crippen molar-refractivity contribution in [2.45, 2.75) is 0 Å². The molecule has 3 heteroatoms. The summed E-state index contributed by atoms with van der Waals surface area (Å²) in [5.74, 6) is 0. The minimum atomic E-state index is 0.748. The molecular weight excluding hydrogens is 172 g/mol. The Morgan fingerprint density at radius 2 is 1.92 bits per heavy atom. The van der Waals surface area contributed by atoms with Crippen LogP contribution in [0.4, 0.5) is 0 Å². The minimum absolute atomic E-state index is 0.748. The van der Waals surface area contributed by atoms with Crippen molar-refractivity contribution in [3.8, 4) is 0 Å². The Balaban J connectivity index is 2.30. The van der Waals surface area contributed by atoms with Crippen molar-refractivity contribution in [2.24, 2.45) is 0 Å². The van der Waals surface area contributed by atoms with Gasteiger partial charge in [0.25, 0.3) is 6.21 Å². The first-order valence-corrected chi connectivity index (χ1v) is 3.99. The van der Waals surface area contributed by atoms with Gasteiger partial charge in [-0.05, 0) is 12.1 Å². The molecule has 12 heavy (non-hydrogen) atoms. The number of allylic oxidation sites excluding steroid dienone is 1. The predicted octanol–water partition coefficient (Wildman–Crippen LogP) is 1.61. The Morgan fingerprint density at radius 1 is 1.17 bits per heavy atom. The van der Waals surface area contributed by atoms with Crippen LogP contribution in [0.2, 0.25) is 5.02 Å². The van der Waals surface area contributed by atoms with Crippen LogP contribution in [0, 0.1) is 0 Å². The molecule has 0 atom stereocenters. The van der Waals surface area contributed by atoms with Crippen molar-refractivity contribution < 1.29 is 0 Å². The van der Waals surface area contributed by atoms with E-state index in [1.54, 1.807) is 6.21 Å². The lowest BCUT2D eigenvalue weighted by atomic mass is 10.1. The summed E-state index contributed by atoms with van der Waals surface area (Å²) in [5.41, 5.74) is 4.98. The molecule has 0 unspecified atom stereocenters. The molecule has 59 valence electrons. The summed E-state index contributed by atoms with van der Waals surface area (Å²) in [5, 5.41) is 4.61. The SMILES string of the molecule is Clc1ccc(C2=CC=[N+]N2)cc1. The van der Waals surface area contributed by atoms with E-state index in [2.05, 4.69) is 10.5 Å². The second-order valence-electron chi connectivity index (χ2n) is 2.48. The number of nitrogens with one attached hydrogen (secondary N) is 1. The van der Waals surface area contributed by atoms with Crippen molar-refractivity contribution >= 4 is 23.5 Å². The molecule has 0 amide bonds. The van der Waals surface area contributed by atoms with Gasteiger partial charge in [-0.1, -0.05) is 23.7 Å². The van der Waals surface area contributed by atoms with Gasteiger partial charge in [0, 0.05) is 16.7 Å². The zero-order valence-corrected chi connectivity index (χ0v) is 7.05. The van der Waals surface area contributed by atoms with Gasteiger partial charge in [0.1, 0.15) is 5.70 Å². The number of rotatable bonds is 1. The van der Waals surface area contributed by atoms with Gasteiger partial charge in [-0.3, -0.25) is 0 Å². The Labute approximate surface area is 75.5 Å². The van der Waals surface area contributed by atoms with Crippen LogP contribution in [0.1, 0.15) is 5.56 Å². The molecule has 0 saturated heterocycles. The molecule has 1 heterocycles. The monoisotopic (exact) mass is 178 g/mol. The number of hydrazone groups is 1. The first kappa shape index (κ1) is 7.37. The number of hydrogen-bond acceptors (Lipinski definition) is 2. The van der Waals surface area contributed by atoms with Gasteiger partial charge < -0.3 is 0 Å². The first-order valence-electron chi connectivity index (χ1n) is 3.61. The van der Waals surface area contributed by atoms with Crippen LogP contribution in [-0.4, -0.2) is 6.21 Å². The molecule has 1 aliphatic heterocycles. The third kappa shape index (κ3) is 1.34. The predicted molar refractivity (Wildman–Crippen MR) is 50.8 cm³/mol. The van der Waals surface area contributed by atoms with E-state index in [-0.39, 0.29) is 0 Å². The topological polar surface area (TPSA) is 26.1 Å². The smallest absolute Gasteiger partial charge is 0.100 e. The molecule has 2 rings (SSSR count). The molecular formula is C9H7ClN2+. The molecule has 0 aromatic heterocycles. The average molecular weight is 179 g/mol. The zero-order chi connectivity index (χ0) is 8.39. The fourth-order valence-electron chi connectivity index (χ4n) is 1.05. The molecule has 2 nitrogen and oxygen atoms in total. The lowest BCUT2D eigenvalue weighted by molar-refractivity contribution is 0.913. The molecule has 1 aromatic carbocycles. The van der Waals surface area contributed by atoms with Gasteiger partial charge in [-0.15, -0.1) is 5.43 Å². The number of hydrogen-bond donors (Lipinski definition) is 1. The molecule has 0 aliphatic carbocycles. The van der Waals surface area contributed by atoms with Gasteiger partial charge in [-0.25, -0.2) is 0 Å². The lowest BCUT2D eigenvalue weighted by Crippen LogP contribution is -2.08. The van der Waals surface area contributed by atoms with Crippen LogP contribution in [0.15, 0.2) is 30.3 Å². The summed E-state index contributed by atoms with van der Waals surface area (Å²) in [6.45, 7) is 0. The van der Waals surface area contributed by atoms with E-state index < -0.39 is 0 Å². The van der Waals surface area contributed by atoms with E-state index in [0.717, 1.165) is 16.3 Å². The van der Waals surface area contributed by atoms with Crippen LogP contribution in [-0.2, 0) is 0 Å². The molecule has 0 spiro atoms. The van der Waals surface area contributed by atoms with Crippen LogP contribution in [0.25, 0.3) is 5.70 Å². The van der Waals surface area contributed by atoms with Crippen molar-refractivity contribution in [1.82, 2.24) is 10.5 Å². The summed E-state index contributed by atoms with van der Waals surface area (Å²) < 4.78 is 0. The molecule has 0 bridgehead atoms. The molecule has 0 saturated carbocycles. The van der Waals surface area contributed by atoms with E-state index in [4.69, 9.17) is 11.6 Å². The Kier molecular flexibility index (Phi) is 1.84. The van der Waals surface area contributed by atoms with Gasteiger partial charge in [0.15, 0.2) is 5.10 Å². The minimum Gasteiger partial charge on any atom is -0.100 e. The maximum absolute atomic E-state index is 5.75. The van der Waals surface area contributed by atoms with E-state index in [1.807, 2.05) is 30.3 Å². The maximum Gasteiger partial charge on any atom is 0.277 e. The molecule has 1 N–H and O–H groups in total. The molecule has 0 fully saturated rings. The standard InChI is InChI=1S/C9H7ClN2/c10-8-3-1-7(2-4-8)9-5-6-11-12-9/h1-6,12H/q+1. The Bertz CT molecular complexity index is 338. The van der Waals surface area contributed by atoms with Gasteiger partial charge >= 0.3 is 0 Å². The highest BCUT2D eigenvalue weighted by Crippen LogP contribution is 2.15. The summed E-state index contributed by atoms with van der Waals surface area (Å²) in [4.78, 5) is 0. The largest absolute Gasteiger partial charge is 0.277 e. The third-order valence-electron chi connectivity index (χ3n) is 1.66. The van der Waals surface area contributed by atoms with E-state index in [9.17, 15) is 0 Å². The second-order valence-corrected chi connectivity index (χ2v) is 2.91. The van der Waals surface area contributed by atoms with E-state index in [0.29, 0.717) is 0 Å². The fraction of sp³-hybridized carbons (Fsp3) is 0. The van der Waals surface area contributed by atoms with Gasteiger partial charge in [-0.2, -0.15) is 0 Å². The highest BCUT2D eigenvalue weighted by molar-refractivity contribution is 6.30. The van der Waals surface area contributed by atoms with Crippen molar-refractivity contribution in [1.29, 1.82) is 0 Å². The number of halogens is 1. The maximum atomic E-state index is 5.75. The highest BCUT2D eigenvalue weighted by Gasteiger charge is 2.09. The van der Waals surface area contributed by atoms with Gasteiger partial charge in [0.2, 0.25) is 0 Å². The molecule has 1 radical (unpaired) electrons. The second kappa shape index (κ2) is 2.99. The summed E-state index contributed by atoms with van der Waals surface area (Å²) >= 11 is 5.75. The number of benzene rings is 1. The van der Waals surface area contributed by atoms with Crippen molar-refractivity contribution in [2.75, 3.05) is 0 Å². The van der Waals surface area contributed by atoms with Crippen LogP contribution in [0.3, 0.4) is 0 Å². The quantitative estimate of drug-likeness (QED) is 0.695. The highest BCUT2D eigenvalue weighted by atomic mass is 35.5. The molecule has 1 aromatic rings. The number of nitrogens with zero attached hydrogens (tertiary/aromatic N) is 1. The van der Waals surface area contributed by atoms with E-state index in [1.165, 1.54) is 0 Å². The lowest BCUT2D eigenvalue weighted by Gasteiger charge is -1.96. The van der Waals surface area contributed by atoms with Crippen LogP contribution < -0.4 is 10.5 Å². The molecule has 1 aliphatic rings. The fourth-order valence-corrected chi connectivity index (χ4v) is 1.17. The van der Waals surface area contributed by atoms with Crippen molar-refractivity contribution in [3.63, 3.8) is 0 Å². The Hall–Kier alpha value is -1.28. The van der Waals surface area contributed by atoms with Crippen LogP contribution >= 0.6 is 11.6 Å². The first-order chi connectivity index (χ1) is 5.86. The third-order valence-corrected chi connectivity index (χ3v) is 1.91. The van der Waals surface area contributed by atoms with E-state index >= 15 is 0 Å². The van der Waals surface area contributed by atoms with Crippen LogP contribution in [0.5, 0.6) is 0 Å². The summed E-state index contributed by atoms with van der Waals surface area (Å²) in [6.07, 6.45) is 3.65. The van der Waals surface area contributed by atoms with Gasteiger partial charge in [0.05, 0.1) is 0 Å².